The zero-order chi connectivity index (χ0) is 11.0. The molecular weight excluding hydrogens is 194 g/mol. The van der Waals surface area contributed by atoms with Crippen molar-refractivity contribution in [3.63, 3.8) is 0 Å². The molecule has 76 valence electrons. The first-order valence-electron chi connectivity index (χ1n) is 4.56. The summed E-state index contributed by atoms with van der Waals surface area (Å²) in [5.74, 6) is -2.56. The summed E-state index contributed by atoms with van der Waals surface area (Å²) in [5.41, 5.74) is 0.877. The van der Waals surface area contributed by atoms with Gasteiger partial charge >= 0.3 is 0 Å². The minimum absolute atomic E-state index is 0.400. The standard InChI is InChI=1S/C11H9NO3/c1-6(13)9-10(14)7-4-2-3-5-8(7)12-11(9)15/h2-5,9H,1H3,(H,12,15)/t9-/m0/s1. The molecule has 0 fully saturated rings. The van der Waals surface area contributed by atoms with Crippen molar-refractivity contribution in [2.75, 3.05) is 5.32 Å². The Hall–Kier alpha value is -1.97. The normalized spacial score (nSPS) is 19.4. The second-order valence-corrected chi connectivity index (χ2v) is 3.44. The molecule has 0 radical (unpaired) electrons. The minimum atomic E-state index is -1.18. The Kier molecular flexibility index (Phi) is 2.11. The van der Waals surface area contributed by atoms with E-state index in [1.807, 2.05) is 0 Å². The second-order valence-electron chi connectivity index (χ2n) is 3.44. The van der Waals surface area contributed by atoms with Gasteiger partial charge in [-0.1, -0.05) is 12.1 Å². The maximum atomic E-state index is 11.8. The predicted octanol–water partition coefficient (Wildman–Crippen LogP) is 1.03. The van der Waals surface area contributed by atoms with Gasteiger partial charge < -0.3 is 5.32 Å². The maximum Gasteiger partial charge on any atom is 0.242 e. The Morgan fingerprint density at radius 3 is 2.60 bits per heavy atom. The van der Waals surface area contributed by atoms with Gasteiger partial charge in [0.1, 0.15) is 5.78 Å². The Morgan fingerprint density at radius 2 is 1.93 bits per heavy atom. The number of carbonyl (C=O) groups is 3. The van der Waals surface area contributed by atoms with E-state index in [4.69, 9.17) is 0 Å². The number of rotatable bonds is 1. The third kappa shape index (κ3) is 1.44. The highest BCUT2D eigenvalue weighted by atomic mass is 16.2. The van der Waals surface area contributed by atoms with E-state index >= 15 is 0 Å². The smallest absolute Gasteiger partial charge is 0.242 e. The van der Waals surface area contributed by atoms with Gasteiger partial charge in [-0.2, -0.15) is 0 Å². The SMILES string of the molecule is CC(=O)[C@@H]1C(=O)Nc2ccccc2C1=O. The van der Waals surface area contributed by atoms with Crippen molar-refractivity contribution in [2.45, 2.75) is 6.92 Å². The van der Waals surface area contributed by atoms with Gasteiger partial charge in [0, 0.05) is 5.56 Å². The molecule has 1 amide bonds. The summed E-state index contributed by atoms with van der Waals surface area (Å²) < 4.78 is 0. The monoisotopic (exact) mass is 203 g/mol. The Balaban J connectivity index is 2.52. The zero-order valence-electron chi connectivity index (χ0n) is 8.11. The van der Waals surface area contributed by atoms with Gasteiger partial charge in [0.2, 0.25) is 5.91 Å². The topological polar surface area (TPSA) is 63.2 Å². The molecule has 0 saturated carbocycles. The highest BCUT2D eigenvalue weighted by Gasteiger charge is 2.37. The zero-order valence-corrected chi connectivity index (χ0v) is 8.11. The fraction of sp³-hybridized carbons (Fsp3) is 0.182. The molecule has 0 spiro atoms. The van der Waals surface area contributed by atoms with Crippen LogP contribution in [0.15, 0.2) is 24.3 Å². The lowest BCUT2D eigenvalue weighted by Gasteiger charge is -2.21. The number of benzene rings is 1. The largest absolute Gasteiger partial charge is 0.324 e. The summed E-state index contributed by atoms with van der Waals surface area (Å²) in [6.07, 6.45) is 0. The van der Waals surface area contributed by atoms with Crippen LogP contribution in [0.4, 0.5) is 5.69 Å². The van der Waals surface area contributed by atoms with E-state index in [0.29, 0.717) is 11.3 Å². The first kappa shape index (κ1) is 9.58. The number of carbonyl (C=O) groups excluding carboxylic acids is 3. The van der Waals surface area contributed by atoms with E-state index in [-0.39, 0.29) is 0 Å². The highest BCUT2D eigenvalue weighted by Crippen LogP contribution is 2.25. The highest BCUT2D eigenvalue weighted by molar-refractivity contribution is 6.30. The van der Waals surface area contributed by atoms with Crippen molar-refractivity contribution in [1.82, 2.24) is 0 Å². The van der Waals surface area contributed by atoms with Crippen LogP contribution in [0.1, 0.15) is 17.3 Å². The summed E-state index contributed by atoms with van der Waals surface area (Å²) >= 11 is 0. The summed E-state index contributed by atoms with van der Waals surface area (Å²) in [4.78, 5) is 34.4. The molecular formula is C11H9NO3. The number of amides is 1. The molecule has 0 aliphatic carbocycles. The van der Waals surface area contributed by atoms with Gasteiger partial charge in [-0.15, -0.1) is 0 Å². The molecule has 1 atom stereocenters. The lowest BCUT2D eigenvalue weighted by molar-refractivity contribution is -0.127. The van der Waals surface area contributed by atoms with Crippen LogP contribution in [-0.2, 0) is 9.59 Å². The molecule has 1 N–H and O–H groups in total. The van der Waals surface area contributed by atoms with Gasteiger partial charge in [0.15, 0.2) is 11.7 Å². The summed E-state index contributed by atoms with van der Waals surface area (Å²) in [5, 5.41) is 2.54. The van der Waals surface area contributed by atoms with Crippen molar-refractivity contribution in [1.29, 1.82) is 0 Å². The lowest BCUT2D eigenvalue weighted by Crippen LogP contribution is -2.39. The molecule has 4 heteroatoms. The molecule has 0 aromatic heterocycles. The van der Waals surface area contributed by atoms with Crippen molar-refractivity contribution < 1.29 is 14.4 Å². The molecule has 1 aromatic rings. The number of anilines is 1. The van der Waals surface area contributed by atoms with Crippen LogP contribution in [0, 0.1) is 5.92 Å². The number of ketones is 2. The van der Waals surface area contributed by atoms with Crippen LogP contribution in [0.3, 0.4) is 0 Å². The van der Waals surface area contributed by atoms with Crippen LogP contribution in [0.5, 0.6) is 0 Å². The van der Waals surface area contributed by atoms with Gasteiger partial charge in [-0.3, -0.25) is 14.4 Å². The quantitative estimate of drug-likeness (QED) is 0.693. The van der Waals surface area contributed by atoms with E-state index < -0.39 is 23.4 Å². The Morgan fingerprint density at radius 1 is 1.27 bits per heavy atom. The van der Waals surface area contributed by atoms with Crippen LogP contribution in [-0.4, -0.2) is 17.5 Å². The van der Waals surface area contributed by atoms with Gasteiger partial charge in [-0.25, -0.2) is 0 Å². The predicted molar refractivity (Wildman–Crippen MR) is 53.6 cm³/mol. The summed E-state index contributed by atoms with van der Waals surface area (Å²) in [7, 11) is 0. The average Bonchev–Trinajstić information content (AvgIpc) is 2.17. The van der Waals surface area contributed by atoms with Crippen LogP contribution in [0.25, 0.3) is 0 Å². The second kappa shape index (κ2) is 3.31. The average molecular weight is 203 g/mol. The number of fused-ring (bicyclic) bond motifs is 1. The van der Waals surface area contributed by atoms with E-state index in [1.165, 1.54) is 6.92 Å². The number of nitrogens with one attached hydrogen (secondary N) is 1. The van der Waals surface area contributed by atoms with Crippen molar-refractivity contribution in [3.8, 4) is 0 Å². The number of para-hydroxylation sites is 1. The van der Waals surface area contributed by atoms with Crippen LogP contribution >= 0.6 is 0 Å². The van der Waals surface area contributed by atoms with E-state index in [1.54, 1.807) is 24.3 Å². The van der Waals surface area contributed by atoms with E-state index in [9.17, 15) is 14.4 Å². The van der Waals surface area contributed by atoms with Crippen molar-refractivity contribution in [2.24, 2.45) is 5.92 Å². The van der Waals surface area contributed by atoms with Gasteiger partial charge in [0.25, 0.3) is 0 Å². The van der Waals surface area contributed by atoms with Crippen molar-refractivity contribution in [3.05, 3.63) is 29.8 Å². The first-order valence-corrected chi connectivity index (χ1v) is 4.56. The molecule has 1 heterocycles. The fourth-order valence-electron chi connectivity index (χ4n) is 1.66. The molecule has 0 bridgehead atoms. The summed E-state index contributed by atoms with van der Waals surface area (Å²) in [6.45, 7) is 1.25. The van der Waals surface area contributed by atoms with Gasteiger partial charge in [0.05, 0.1) is 5.69 Å². The Bertz CT molecular complexity index is 465. The molecule has 1 aliphatic heterocycles. The third-order valence-electron chi connectivity index (χ3n) is 2.38. The third-order valence-corrected chi connectivity index (χ3v) is 2.38. The lowest BCUT2D eigenvalue weighted by atomic mass is 9.89. The van der Waals surface area contributed by atoms with Gasteiger partial charge in [-0.05, 0) is 19.1 Å². The number of Topliss-reactive ketones (excluding diaryl/α,β-unsaturated/α-hetero) is 2. The molecule has 15 heavy (non-hydrogen) atoms. The summed E-state index contributed by atoms with van der Waals surface area (Å²) in [6, 6.07) is 6.67. The van der Waals surface area contributed by atoms with E-state index in [0.717, 1.165) is 0 Å². The molecule has 1 aromatic carbocycles. The number of hydrogen-bond donors (Lipinski definition) is 1. The first-order chi connectivity index (χ1) is 7.11. The molecule has 0 saturated heterocycles. The Labute approximate surface area is 86.3 Å². The minimum Gasteiger partial charge on any atom is -0.324 e. The van der Waals surface area contributed by atoms with E-state index in [2.05, 4.69) is 5.32 Å². The van der Waals surface area contributed by atoms with Crippen LogP contribution < -0.4 is 5.32 Å². The van der Waals surface area contributed by atoms with Crippen LogP contribution in [0.2, 0.25) is 0 Å². The molecule has 0 unspecified atom stereocenters. The number of hydrogen-bond acceptors (Lipinski definition) is 3. The van der Waals surface area contributed by atoms with Crippen molar-refractivity contribution >= 4 is 23.2 Å². The molecule has 4 nitrogen and oxygen atoms in total. The molecule has 2 rings (SSSR count). The molecule has 1 aliphatic rings. The fourth-order valence-corrected chi connectivity index (χ4v) is 1.66. The maximum absolute atomic E-state index is 11.8.